The van der Waals surface area contributed by atoms with Gasteiger partial charge in [-0.3, -0.25) is 4.98 Å². The van der Waals surface area contributed by atoms with E-state index in [2.05, 4.69) is 31.8 Å². The summed E-state index contributed by atoms with van der Waals surface area (Å²) >= 11 is 0. The van der Waals surface area contributed by atoms with E-state index >= 15 is 0 Å². The van der Waals surface area contributed by atoms with E-state index < -0.39 is 0 Å². The van der Waals surface area contributed by atoms with Gasteiger partial charge in [0.1, 0.15) is 5.82 Å². The van der Waals surface area contributed by atoms with E-state index in [9.17, 15) is 0 Å². The van der Waals surface area contributed by atoms with Crippen molar-refractivity contribution in [3.8, 4) is 11.3 Å². The third kappa shape index (κ3) is 1.58. The van der Waals surface area contributed by atoms with Crippen LogP contribution >= 0.6 is 0 Å². The molecule has 0 bridgehead atoms. The van der Waals surface area contributed by atoms with Crippen molar-refractivity contribution in [2.75, 3.05) is 0 Å². The van der Waals surface area contributed by atoms with Crippen molar-refractivity contribution in [1.29, 1.82) is 0 Å². The van der Waals surface area contributed by atoms with Crippen LogP contribution < -0.4 is 0 Å². The summed E-state index contributed by atoms with van der Waals surface area (Å²) in [5.74, 6) is 0.774. The Morgan fingerprint density at radius 3 is 2.82 bits per heavy atom. The summed E-state index contributed by atoms with van der Waals surface area (Å²) in [5.41, 5.74) is 4.06. The predicted molar refractivity (Wildman–Crippen MR) is 66.5 cm³/mol. The average molecular weight is 224 g/mol. The highest BCUT2D eigenvalue weighted by atomic mass is 14.9. The van der Waals surface area contributed by atoms with Crippen LogP contribution in [-0.4, -0.2) is 19.5 Å². The van der Waals surface area contributed by atoms with Crippen molar-refractivity contribution in [1.82, 2.24) is 19.5 Å². The maximum atomic E-state index is 4.44. The van der Waals surface area contributed by atoms with Gasteiger partial charge in [-0.05, 0) is 25.1 Å². The van der Waals surface area contributed by atoms with Crippen LogP contribution in [0, 0.1) is 6.92 Å². The van der Waals surface area contributed by atoms with Crippen molar-refractivity contribution in [3.63, 3.8) is 0 Å². The van der Waals surface area contributed by atoms with E-state index in [0.717, 1.165) is 28.1 Å². The summed E-state index contributed by atoms with van der Waals surface area (Å²) in [6.07, 6.45) is 5.64. The molecular formula is C13H12N4. The predicted octanol–water partition coefficient (Wildman–Crippen LogP) is 2.34. The van der Waals surface area contributed by atoms with E-state index in [1.807, 2.05) is 26.1 Å². The van der Waals surface area contributed by atoms with Crippen LogP contribution in [0.25, 0.3) is 22.3 Å². The molecule has 3 aromatic rings. The fourth-order valence-electron chi connectivity index (χ4n) is 2.01. The van der Waals surface area contributed by atoms with Crippen LogP contribution in [0.1, 0.15) is 5.82 Å². The third-order valence-corrected chi connectivity index (χ3v) is 2.80. The zero-order valence-corrected chi connectivity index (χ0v) is 9.75. The number of aromatic nitrogens is 4. The Bertz CT molecular complexity index is 685. The number of fused-ring (bicyclic) bond motifs is 1. The fraction of sp³-hybridized carbons (Fsp3) is 0.154. The van der Waals surface area contributed by atoms with E-state index in [1.54, 1.807) is 12.4 Å². The van der Waals surface area contributed by atoms with Gasteiger partial charge in [0.15, 0.2) is 0 Å². The summed E-state index contributed by atoms with van der Waals surface area (Å²) in [6.45, 7) is 1.89. The van der Waals surface area contributed by atoms with Crippen LogP contribution in [0.3, 0.4) is 0 Å². The molecule has 0 amide bonds. The van der Waals surface area contributed by atoms with Gasteiger partial charge in [0.05, 0.1) is 16.7 Å². The largest absolute Gasteiger partial charge is 0.349 e. The molecule has 4 heteroatoms. The molecule has 0 saturated heterocycles. The summed E-state index contributed by atoms with van der Waals surface area (Å²) in [6, 6.07) is 5.91. The Balaban J connectivity index is 2.31. The van der Waals surface area contributed by atoms with Gasteiger partial charge < -0.3 is 4.57 Å². The van der Waals surface area contributed by atoms with Gasteiger partial charge in [-0.1, -0.05) is 0 Å². The topological polar surface area (TPSA) is 43.6 Å². The number of pyridine rings is 1. The molecule has 0 fully saturated rings. The molecule has 84 valence electrons. The van der Waals surface area contributed by atoms with Gasteiger partial charge in [-0.25, -0.2) is 9.97 Å². The molecule has 0 aliphatic heterocycles. The first-order valence-corrected chi connectivity index (χ1v) is 5.46. The van der Waals surface area contributed by atoms with E-state index in [0.29, 0.717) is 0 Å². The Morgan fingerprint density at radius 1 is 1.12 bits per heavy atom. The number of hydrogen-bond acceptors (Lipinski definition) is 3. The molecule has 0 aromatic carbocycles. The molecule has 3 rings (SSSR count). The van der Waals surface area contributed by atoms with E-state index in [-0.39, 0.29) is 0 Å². The smallest absolute Gasteiger partial charge is 0.125 e. The number of rotatable bonds is 1. The Kier molecular flexibility index (Phi) is 2.14. The Labute approximate surface area is 99.0 Å². The highest BCUT2D eigenvalue weighted by molar-refractivity contribution is 5.91. The van der Waals surface area contributed by atoms with Crippen LogP contribution in [0.15, 0.2) is 36.8 Å². The second-order valence-corrected chi connectivity index (χ2v) is 4.01. The summed E-state index contributed by atoms with van der Waals surface area (Å²) in [7, 11) is 2.02. The van der Waals surface area contributed by atoms with Gasteiger partial charge in [0.2, 0.25) is 0 Å². The molecule has 0 radical (unpaired) electrons. The molecule has 4 nitrogen and oxygen atoms in total. The quantitative estimate of drug-likeness (QED) is 0.637. The maximum absolute atomic E-state index is 4.44. The van der Waals surface area contributed by atoms with Gasteiger partial charge >= 0.3 is 0 Å². The molecule has 0 unspecified atom stereocenters. The molecule has 17 heavy (non-hydrogen) atoms. The lowest BCUT2D eigenvalue weighted by Crippen LogP contribution is -1.89. The number of aryl methyl sites for hydroxylation is 2. The van der Waals surface area contributed by atoms with Gasteiger partial charge in [-0.15, -0.1) is 0 Å². The van der Waals surface area contributed by atoms with Crippen LogP contribution in [0.5, 0.6) is 0 Å². The standard InChI is InChI=1S/C13H12N4/c1-9-14-7-5-11(16-9)10-8-17(2)12-4-3-6-15-13(10)12/h3-8H,1-2H3. The van der Waals surface area contributed by atoms with Crippen LogP contribution in [0.4, 0.5) is 0 Å². The second kappa shape index (κ2) is 3.66. The monoisotopic (exact) mass is 224 g/mol. The first-order chi connectivity index (χ1) is 8.25. The molecule has 0 aliphatic rings. The number of hydrogen-bond donors (Lipinski definition) is 0. The summed E-state index contributed by atoms with van der Waals surface area (Å²) < 4.78 is 2.06. The van der Waals surface area contributed by atoms with Crippen LogP contribution in [0.2, 0.25) is 0 Å². The molecule has 0 N–H and O–H groups in total. The summed E-state index contributed by atoms with van der Waals surface area (Å²) in [5, 5.41) is 0. The van der Waals surface area contributed by atoms with Crippen molar-refractivity contribution >= 4 is 11.0 Å². The first kappa shape index (κ1) is 9.96. The average Bonchev–Trinajstić information content (AvgIpc) is 2.68. The van der Waals surface area contributed by atoms with Gasteiger partial charge in [-0.2, -0.15) is 0 Å². The lowest BCUT2D eigenvalue weighted by molar-refractivity contribution is 0.967. The SMILES string of the molecule is Cc1nccc(-c2cn(C)c3cccnc23)n1. The minimum atomic E-state index is 0.774. The van der Waals surface area contributed by atoms with Crippen molar-refractivity contribution in [3.05, 3.63) is 42.6 Å². The second-order valence-electron chi connectivity index (χ2n) is 4.01. The minimum Gasteiger partial charge on any atom is -0.349 e. The highest BCUT2D eigenvalue weighted by Gasteiger charge is 2.10. The van der Waals surface area contributed by atoms with Crippen molar-refractivity contribution < 1.29 is 0 Å². The zero-order chi connectivity index (χ0) is 11.8. The third-order valence-electron chi connectivity index (χ3n) is 2.80. The molecule has 3 aromatic heterocycles. The lowest BCUT2D eigenvalue weighted by Gasteiger charge is -1.98. The molecule has 0 aliphatic carbocycles. The maximum Gasteiger partial charge on any atom is 0.125 e. The van der Waals surface area contributed by atoms with Crippen molar-refractivity contribution in [2.45, 2.75) is 6.92 Å². The zero-order valence-electron chi connectivity index (χ0n) is 9.75. The lowest BCUT2D eigenvalue weighted by atomic mass is 10.2. The van der Waals surface area contributed by atoms with E-state index in [1.165, 1.54) is 0 Å². The Hall–Kier alpha value is -2.23. The molecule has 0 spiro atoms. The highest BCUT2D eigenvalue weighted by Crippen LogP contribution is 2.26. The summed E-state index contributed by atoms with van der Waals surface area (Å²) in [4.78, 5) is 13.0. The normalized spacial score (nSPS) is 10.9. The molecule has 0 saturated carbocycles. The molecule has 3 heterocycles. The van der Waals surface area contributed by atoms with E-state index in [4.69, 9.17) is 0 Å². The molecule has 0 atom stereocenters. The van der Waals surface area contributed by atoms with Crippen molar-refractivity contribution in [2.24, 2.45) is 7.05 Å². The Morgan fingerprint density at radius 2 is 2.00 bits per heavy atom. The minimum absolute atomic E-state index is 0.774. The number of nitrogens with zero attached hydrogens (tertiary/aromatic N) is 4. The van der Waals surface area contributed by atoms with Gasteiger partial charge in [0, 0.05) is 31.2 Å². The van der Waals surface area contributed by atoms with Crippen LogP contribution in [-0.2, 0) is 7.05 Å². The van der Waals surface area contributed by atoms with Gasteiger partial charge in [0.25, 0.3) is 0 Å². The first-order valence-electron chi connectivity index (χ1n) is 5.46. The fourth-order valence-corrected chi connectivity index (χ4v) is 2.01. The molecular weight excluding hydrogens is 212 g/mol.